The largest absolute Gasteiger partial charge is 0.386 e. The summed E-state index contributed by atoms with van der Waals surface area (Å²) in [5.74, 6) is 0. The summed E-state index contributed by atoms with van der Waals surface area (Å²) in [6.45, 7) is 0. The lowest BCUT2D eigenvalue weighted by Gasteiger charge is -2.24. The van der Waals surface area contributed by atoms with Crippen molar-refractivity contribution in [3.05, 3.63) is 48.5 Å². The highest BCUT2D eigenvalue weighted by atomic mass is 15.1. The molecule has 2 rings (SSSR count). The zero-order valence-corrected chi connectivity index (χ0v) is 11.1. The number of benzene rings is 2. The van der Waals surface area contributed by atoms with Crippen LogP contribution in [0.4, 0.5) is 22.7 Å². The molecule has 2 N–H and O–H groups in total. The van der Waals surface area contributed by atoms with E-state index in [0.29, 0.717) is 0 Å². The molecule has 3 heteroatoms. The third-order valence-electron chi connectivity index (χ3n) is 3.07. The van der Waals surface area contributed by atoms with Crippen LogP contribution in [0.25, 0.3) is 0 Å². The Morgan fingerprint density at radius 2 is 1.11 bits per heavy atom. The summed E-state index contributed by atoms with van der Waals surface area (Å²) < 4.78 is 0. The molecule has 0 atom stereocenters. The molecule has 0 spiro atoms. The first-order chi connectivity index (χ1) is 8.77. The van der Waals surface area contributed by atoms with Gasteiger partial charge in [-0.3, -0.25) is 0 Å². The minimum Gasteiger partial charge on any atom is -0.386 e. The van der Waals surface area contributed by atoms with Gasteiger partial charge in [0.1, 0.15) is 0 Å². The maximum absolute atomic E-state index is 3.22. The molecule has 2 aromatic rings. The number of hydrogen-bond acceptors (Lipinski definition) is 3. The van der Waals surface area contributed by atoms with Gasteiger partial charge in [0, 0.05) is 21.1 Å². The van der Waals surface area contributed by atoms with Crippen LogP contribution in [-0.4, -0.2) is 21.1 Å². The van der Waals surface area contributed by atoms with E-state index >= 15 is 0 Å². The van der Waals surface area contributed by atoms with Crippen molar-refractivity contribution in [3.63, 3.8) is 0 Å². The van der Waals surface area contributed by atoms with Gasteiger partial charge < -0.3 is 15.5 Å². The Balaban J connectivity index is 2.44. The minimum atomic E-state index is 1.12. The van der Waals surface area contributed by atoms with E-state index in [1.165, 1.54) is 0 Å². The van der Waals surface area contributed by atoms with Crippen LogP contribution in [0.1, 0.15) is 0 Å². The first kappa shape index (κ1) is 12.3. The van der Waals surface area contributed by atoms with Gasteiger partial charge in [-0.25, -0.2) is 0 Å². The summed E-state index contributed by atoms with van der Waals surface area (Å²) in [6, 6.07) is 16.5. The predicted molar refractivity (Wildman–Crippen MR) is 80.0 cm³/mol. The van der Waals surface area contributed by atoms with E-state index in [4.69, 9.17) is 0 Å². The maximum atomic E-state index is 3.22. The second-order valence-electron chi connectivity index (χ2n) is 4.09. The molecule has 3 nitrogen and oxygen atoms in total. The summed E-state index contributed by atoms with van der Waals surface area (Å²) in [4.78, 5) is 2.18. The molecule has 0 saturated heterocycles. The zero-order valence-electron chi connectivity index (χ0n) is 11.1. The van der Waals surface area contributed by atoms with Crippen molar-refractivity contribution < 1.29 is 0 Å². The highest BCUT2D eigenvalue weighted by Crippen LogP contribution is 2.34. The van der Waals surface area contributed by atoms with Crippen LogP contribution in [0.5, 0.6) is 0 Å². The maximum Gasteiger partial charge on any atom is 0.0644 e. The molecule has 0 radical (unpaired) electrons. The smallest absolute Gasteiger partial charge is 0.0644 e. The standard InChI is InChI=1S/C15H19N3/c1-16-12-8-4-6-10-14(12)18(3)15-11-7-5-9-13(15)17-2/h4-11,16-17H,1-3H3. The van der Waals surface area contributed by atoms with Gasteiger partial charge in [-0.15, -0.1) is 0 Å². The molecule has 0 amide bonds. The summed E-state index contributed by atoms with van der Waals surface area (Å²) in [5, 5.41) is 6.44. The summed E-state index contributed by atoms with van der Waals surface area (Å²) in [7, 11) is 5.96. The van der Waals surface area contributed by atoms with Gasteiger partial charge >= 0.3 is 0 Å². The fraction of sp³-hybridized carbons (Fsp3) is 0.200. The third kappa shape index (κ3) is 2.25. The topological polar surface area (TPSA) is 27.3 Å². The molecule has 0 aliphatic carbocycles. The van der Waals surface area contributed by atoms with Gasteiger partial charge in [-0.1, -0.05) is 24.3 Å². The minimum absolute atomic E-state index is 1.12. The number of para-hydroxylation sites is 4. The predicted octanol–water partition coefficient (Wildman–Crippen LogP) is 3.54. The molecule has 0 aliphatic rings. The van der Waals surface area contributed by atoms with Gasteiger partial charge in [0.15, 0.2) is 0 Å². The number of anilines is 4. The zero-order chi connectivity index (χ0) is 13.0. The normalized spacial score (nSPS) is 9.94. The fourth-order valence-electron chi connectivity index (χ4n) is 2.08. The number of nitrogens with one attached hydrogen (secondary N) is 2. The van der Waals surface area contributed by atoms with Gasteiger partial charge in [0.05, 0.1) is 22.7 Å². The lowest BCUT2D eigenvalue weighted by molar-refractivity contribution is 1.20. The second kappa shape index (κ2) is 5.45. The molecule has 18 heavy (non-hydrogen) atoms. The number of rotatable bonds is 4. The molecule has 0 heterocycles. The third-order valence-corrected chi connectivity index (χ3v) is 3.07. The average molecular weight is 241 g/mol. The van der Waals surface area contributed by atoms with E-state index in [1.807, 2.05) is 26.2 Å². The van der Waals surface area contributed by atoms with Crippen LogP contribution in [0.3, 0.4) is 0 Å². The number of hydrogen-bond donors (Lipinski definition) is 2. The molecular formula is C15H19N3. The number of nitrogens with zero attached hydrogens (tertiary/aromatic N) is 1. The fourth-order valence-corrected chi connectivity index (χ4v) is 2.08. The monoisotopic (exact) mass is 241 g/mol. The highest BCUT2D eigenvalue weighted by Gasteiger charge is 2.10. The van der Waals surface area contributed by atoms with Crippen molar-refractivity contribution in [2.24, 2.45) is 0 Å². The lowest BCUT2D eigenvalue weighted by Crippen LogP contribution is -2.13. The van der Waals surface area contributed by atoms with Crippen molar-refractivity contribution in [2.45, 2.75) is 0 Å². The average Bonchev–Trinajstić information content (AvgIpc) is 2.46. The van der Waals surface area contributed by atoms with Gasteiger partial charge in [0.2, 0.25) is 0 Å². The van der Waals surface area contributed by atoms with Crippen molar-refractivity contribution >= 4 is 22.7 Å². The van der Waals surface area contributed by atoms with Gasteiger partial charge in [0.25, 0.3) is 0 Å². The SMILES string of the molecule is CNc1ccccc1N(C)c1ccccc1NC. The van der Waals surface area contributed by atoms with Crippen LogP contribution in [0.2, 0.25) is 0 Å². The van der Waals surface area contributed by atoms with Crippen LogP contribution in [0.15, 0.2) is 48.5 Å². The Kier molecular flexibility index (Phi) is 3.72. The molecule has 0 aliphatic heterocycles. The molecule has 0 fully saturated rings. The van der Waals surface area contributed by atoms with Crippen LogP contribution in [-0.2, 0) is 0 Å². The van der Waals surface area contributed by atoms with Crippen LogP contribution >= 0.6 is 0 Å². The van der Waals surface area contributed by atoms with Crippen LogP contribution in [0, 0.1) is 0 Å². The van der Waals surface area contributed by atoms with E-state index in [9.17, 15) is 0 Å². The highest BCUT2D eigenvalue weighted by molar-refractivity contribution is 5.81. The first-order valence-corrected chi connectivity index (χ1v) is 6.05. The summed E-state index contributed by atoms with van der Waals surface area (Å²) in [5.41, 5.74) is 4.54. The summed E-state index contributed by atoms with van der Waals surface area (Å²) >= 11 is 0. The van der Waals surface area contributed by atoms with Gasteiger partial charge in [-0.2, -0.15) is 0 Å². The lowest BCUT2D eigenvalue weighted by atomic mass is 10.2. The first-order valence-electron chi connectivity index (χ1n) is 6.05. The Morgan fingerprint density at radius 1 is 0.722 bits per heavy atom. The molecule has 0 aromatic heterocycles. The molecule has 0 bridgehead atoms. The van der Waals surface area contributed by atoms with Crippen molar-refractivity contribution in [1.29, 1.82) is 0 Å². The van der Waals surface area contributed by atoms with Crippen molar-refractivity contribution in [3.8, 4) is 0 Å². The molecule has 0 saturated carbocycles. The Bertz CT molecular complexity index is 475. The molecular weight excluding hydrogens is 222 g/mol. The quantitative estimate of drug-likeness (QED) is 0.857. The van der Waals surface area contributed by atoms with Crippen molar-refractivity contribution in [1.82, 2.24) is 0 Å². The van der Waals surface area contributed by atoms with E-state index in [-0.39, 0.29) is 0 Å². The van der Waals surface area contributed by atoms with E-state index in [0.717, 1.165) is 22.7 Å². The van der Waals surface area contributed by atoms with Crippen molar-refractivity contribution in [2.75, 3.05) is 36.7 Å². The second-order valence-corrected chi connectivity index (χ2v) is 4.09. The molecule has 2 aromatic carbocycles. The van der Waals surface area contributed by atoms with Gasteiger partial charge in [-0.05, 0) is 24.3 Å². The molecule has 94 valence electrons. The Morgan fingerprint density at radius 3 is 1.50 bits per heavy atom. The Hall–Kier alpha value is -2.16. The Labute approximate surface area is 108 Å². The summed E-state index contributed by atoms with van der Waals surface area (Å²) in [6.07, 6.45) is 0. The van der Waals surface area contributed by atoms with Crippen LogP contribution < -0.4 is 15.5 Å². The molecule has 0 unspecified atom stereocenters. The van der Waals surface area contributed by atoms with E-state index in [1.54, 1.807) is 0 Å². The van der Waals surface area contributed by atoms with E-state index in [2.05, 4.69) is 59.0 Å². The van der Waals surface area contributed by atoms with E-state index < -0.39 is 0 Å².